The number of ether oxygens (including phenoxy) is 1. The quantitative estimate of drug-likeness (QED) is 0.654. The molecule has 2 aromatic rings. The van der Waals surface area contributed by atoms with Crippen LogP contribution < -0.4 is 10.2 Å². The number of carbonyl (C=O) groups is 2. The van der Waals surface area contributed by atoms with E-state index in [1.54, 1.807) is 11.0 Å². The molecule has 1 N–H and O–H groups in total. The largest absolute Gasteiger partial charge is 0.444 e. The molecule has 3 aliphatic rings. The van der Waals surface area contributed by atoms with Gasteiger partial charge in [0.1, 0.15) is 5.60 Å². The van der Waals surface area contributed by atoms with E-state index in [9.17, 15) is 18.4 Å². The van der Waals surface area contributed by atoms with Crippen molar-refractivity contribution in [3.8, 4) is 0 Å². The van der Waals surface area contributed by atoms with E-state index in [1.165, 1.54) is 17.5 Å². The minimum atomic E-state index is -2.63. The Balaban J connectivity index is 1.27. The summed E-state index contributed by atoms with van der Waals surface area (Å²) in [6, 6.07) is 1.85. The van der Waals surface area contributed by atoms with Crippen molar-refractivity contribution in [2.24, 2.45) is 0 Å². The molecule has 190 valence electrons. The van der Waals surface area contributed by atoms with Gasteiger partial charge in [-0.15, -0.1) is 0 Å². The van der Waals surface area contributed by atoms with Crippen LogP contribution in [0.4, 0.5) is 18.7 Å². The van der Waals surface area contributed by atoms with Crippen molar-refractivity contribution in [1.29, 1.82) is 0 Å². The summed E-state index contributed by atoms with van der Waals surface area (Å²) in [5.74, 6) is -2.92. The number of likely N-dealkylation sites (tertiary alicyclic amines) is 1. The molecule has 4 heterocycles. The lowest BCUT2D eigenvalue weighted by molar-refractivity contribution is -0.0399. The Kier molecular flexibility index (Phi) is 6.09. The van der Waals surface area contributed by atoms with Gasteiger partial charge in [0, 0.05) is 50.3 Å². The third kappa shape index (κ3) is 5.19. The highest BCUT2D eigenvalue weighted by atomic mass is 32.1. The van der Waals surface area contributed by atoms with Crippen molar-refractivity contribution < 1.29 is 23.1 Å². The molecule has 0 aromatic carbocycles. The number of amides is 2. The van der Waals surface area contributed by atoms with Crippen molar-refractivity contribution in [2.45, 2.75) is 88.9 Å². The summed E-state index contributed by atoms with van der Waals surface area (Å²) in [4.78, 5) is 38.5. The van der Waals surface area contributed by atoms with Gasteiger partial charge in [-0.3, -0.25) is 4.79 Å². The van der Waals surface area contributed by atoms with Crippen molar-refractivity contribution in [2.75, 3.05) is 18.0 Å². The minimum absolute atomic E-state index is 0.161. The number of pyridine rings is 1. The molecule has 2 bridgehead atoms. The molecule has 2 unspecified atom stereocenters. The van der Waals surface area contributed by atoms with E-state index >= 15 is 0 Å². The van der Waals surface area contributed by atoms with Crippen LogP contribution in [0.2, 0.25) is 0 Å². The van der Waals surface area contributed by atoms with Crippen LogP contribution in [0.15, 0.2) is 12.3 Å². The van der Waals surface area contributed by atoms with Crippen LogP contribution in [0.1, 0.15) is 69.7 Å². The first kappa shape index (κ1) is 24.1. The second kappa shape index (κ2) is 8.83. The molecule has 1 aliphatic carbocycles. The fourth-order valence-electron chi connectivity index (χ4n) is 5.19. The normalized spacial score (nSPS) is 24.6. The van der Waals surface area contributed by atoms with Gasteiger partial charge in [0.2, 0.25) is 5.92 Å². The predicted octanol–water partition coefficient (Wildman–Crippen LogP) is 4.59. The van der Waals surface area contributed by atoms with Gasteiger partial charge >= 0.3 is 6.09 Å². The highest BCUT2D eigenvalue weighted by molar-refractivity contribution is 7.22. The van der Waals surface area contributed by atoms with E-state index in [2.05, 4.69) is 15.2 Å². The molecule has 1 saturated carbocycles. The number of thiazole rings is 1. The number of carbonyl (C=O) groups excluding carboxylic acids is 2. The zero-order valence-electron chi connectivity index (χ0n) is 20.2. The highest BCUT2D eigenvalue weighted by Crippen LogP contribution is 2.39. The number of rotatable bonds is 3. The number of halogens is 2. The summed E-state index contributed by atoms with van der Waals surface area (Å²) in [5.41, 5.74) is 0.452. The number of piperazine rings is 1. The third-order valence-corrected chi connectivity index (χ3v) is 7.91. The van der Waals surface area contributed by atoms with Gasteiger partial charge in [0.15, 0.2) is 10.8 Å². The number of fused-ring (bicyclic) bond motifs is 3. The van der Waals surface area contributed by atoms with Gasteiger partial charge in [-0.2, -0.15) is 4.98 Å². The summed E-state index contributed by atoms with van der Waals surface area (Å²) in [6.45, 7) is 6.77. The lowest BCUT2D eigenvalue weighted by Gasteiger charge is -2.41. The van der Waals surface area contributed by atoms with E-state index in [1.807, 2.05) is 20.8 Å². The molecule has 2 aliphatic heterocycles. The molecule has 2 saturated heterocycles. The first-order valence-electron chi connectivity index (χ1n) is 12.2. The summed E-state index contributed by atoms with van der Waals surface area (Å²) < 4.78 is 33.2. The molecule has 2 atom stereocenters. The second-order valence-corrected chi connectivity index (χ2v) is 11.8. The predicted molar refractivity (Wildman–Crippen MR) is 129 cm³/mol. The summed E-state index contributed by atoms with van der Waals surface area (Å²) in [6.07, 6.45) is 3.32. The summed E-state index contributed by atoms with van der Waals surface area (Å²) >= 11 is 1.49. The number of alkyl halides is 2. The van der Waals surface area contributed by atoms with Gasteiger partial charge in [-0.25, -0.2) is 18.6 Å². The third-order valence-electron chi connectivity index (χ3n) is 6.90. The summed E-state index contributed by atoms with van der Waals surface area (Å²) in [5, 5.41) is 3.72. The molecule has 2 aromatic heterocycles. The maximum absolute atomic E-state index is 13.4. The maximum atomic E-state index is 13.4. The molecular weight excluding hydrogens is 476 g/mol. The van der Waals surface area contributed by atoms with E-state index in [0.717, 1.165) is 22.7 Å². The second-order valence-electron chi connectivity index (χ2n) is 10.8. The minimum Gasteiger partial charge on any atom is -0.444 e. The number of hydrogen-bond donors (Lipinski definition) is 1. The van der Waals surface area contributed by atoms with Crippen LogP contribution in [-0.4, -0.2) is 69.6 Å². The molecule has 0 radical (unpaired) electrons. The van der Waals surface area contributed by atoms with Crippen molar-refractivity contribution in [1.82, 2.24) is 20.2 Å². The van der Waals surface area contributed by atoms with Crippen LogP contribution >= 0.6 is 11.3 Å². The number of nitrogens with zero attached hydrogens (tertiary/aromatic N) is 4. The molecule has 2 amide bonds. The Morgan fingerprint density at radius 1 is 1.14 bits per heavy atom. The molecule has 5 rings (SSSR count). The molecule has 11 heteroatoms. The Bertz CT molecular complexity index is 1110. The van der Waals surface area contributed by atoms with E-state index in [4.69, 9.17) is 9.72 Å². The SMILES string of the molecule is CC(C)(C)OC(=O)N1CC2CCC(C1)N2c1nc2ncc(C(=O)NC3CCC(F)(F)CC3)cc2s1. The first-order valence-corrected chi connectivity index (χ1v) is 13.0. The number of hydrogen-bond acceptors (Lipinski definition) is 7. The Labute approximate surface area is 207 Å². The Hall–Kier alpha value is -2.56. The van der Waals surface area contributed by atoms with Gasteiger partial charge in [0.05, 0.1) is 10.3 Å². The number of anilines is 1. The van der Waals surface area contributed by atoms with Crippen molar-refractivity contribution >= 4 is 38.8 Å². The maximum Gasteiger partial charge on any atom is 0.410 e. The molecule has 3 fully saturated rings. The highest BCUT2D eigenvalue weighted by Gasteiger charge is 2.43. The zero-order chi connectivity index (χ0) is 25.0. The van der Waals surface area contributed by atoms with Crippen LogP contribution in [0.3, 0.4) is 0 Å². The van der Waals surface area contributed by atoms with Crippen LogP contribution in [0, 0.1) is 0 Å². The zero-order valence-corrected chi connectivity index (χ0v) is 21.0. The van der Waals surface area contributed by atoms with E-state index in [-0.39, 0.29) is 55.8 Å². The fraction of sp³-hybridized carbons (Fsp3) is 0.667. The Morgan fingerprint density at radius 2 is 1.80 bits per heavy atom. The first-order chi connectivity index (χ1) is 16.5. The van der Waals surface area contributed by atoms with Gasteiger partial charge in [-0.1, -0.05) is 11.3 Å². The standard InChI is InChI=1S/C24H31F2N5O3S/c1-23(2,3)34-22(33)30-12-16-4-5-17(13-30)31(16)21-29-19-18(35-21)10-14(11-27-19)20(32)28-15-6-8-24(25,26)9-7-15/h10-11,15-17H,4-9,12-13H2,1-3H3,(H,28,32). The summed E-state index contributed by atoms with van der Waals surface area (Å²) in [7, 11) is 0. The number of aromatic nitrogens is 2. The monoisotopic (exact) mass is 507 g/mol. The molecule has 35 heavy (non-hydrogen) atoms. The molecule has 0 spiro atoms. The van der Waals surface area contributed by atoms with Gasteiger partial charge in [0.25, 0.3) is 5.91 Å². The topological polar surface area (TPSA) is 87.7 Å². The average Bonchev–Trinajstić information content (AvgIpc) is 3.30. The van der Waals surface area contributed by atoms with Crippen LogP contribution in [0.25, 0.3) is 10.3 Å². The molecular formula is C24H31F2N5O3S. The lowest BCUT2D eigenvalue weighted by atomic mass is 9.92. The van der Waals surface area contributed by atoms with Crippen molar-refractivity contribution in [3.05, 3.63) is 17.8 Å². The van der Waals surface area contributed by atoms with E-state index < -0.39 is 11.5 Å². The van der Waals surface area contributed by atoms with Crippen LogP contribution in [0.5, 0.6) is 0 Å². The Morgan fingerprint density at radius 3 is 2.43 bits per heavy atom. The average molecular weight is 508 g/mol. The lowest BCUT2D eigenvalue weighted by Crippen LogP contribution is -2.56. The van der Waals surface area contributed by atoms with Crippen LogP contribution in [-0.2, 0) is 4.74 Å². The number of nitrogens with one attached hydrogen (secondary N) is 1. The van der Waals surface area contributed by atoms with Crippen molar-refractivity contribution in [3.63, 3.8) is 0 Å². The smallest absolute Gasteiger partial charge is 0.410 e. The van der Waals surface area contributed by atoms with E-state index in [0.29, 0.717) is 24.3 Å². The molecule has 8 nitrogen and oxygen atoms in total. The fourth-order valence-corrected chi connectivity index (χ4v) is 6.29. The van der Waals surface area contributed by atoms with Gasteiger partial charge in [-0.05, 0) is 52.5 Å². The van der Waals surface area contributed by atoms with Gasteiger partial charge < -0.3 is 19.9 Å².